The molecule has 1 aromatic carbocycles. The molecule has 1 aromatic heterocycles. The van der Waals surface area contributed by atoms with Crippen molar-refractivity contribution >= 4 is 28.8 Å². The minimum atomic E-state index is -1.12. The van der Waals surface area contributed by atoms with Gasteiger partial charge in [-0.25, -0.2) is 4.68 Å². The molecule has 3 N–H and O–H groups in total. The minimum absolute atomic E-state index is 0.0578. The molecule has 2 aromatic rings. The zero-order valence-corrected chi connectivity index (χ0v) is 18.8. The van der Waals surface area contributed by atoms with Gasteiger partial charge in [-0.05, 0) is 38.8 Å². The van der Waals surface area contributed by atoms with Crippen molar-refractivity contribution in [1.82, 2.24) is 30.5 Å². The quantitative estimate of drug-likeness (QED) is 0.527. The number of ether oxygens (including phenoxy) is 1. The van der Waals surface area contributed by atoms with Crippen LogP contribution in [0.4, 0.5) is 0 Å². The van der Waals surface area contributed by atoms with E-state index in [0.717, 1.165) is 5.52 Å². The van der Waals surface area contributed by atoms with Gasteiger partial charge in [0.15, 0.2) is 0 Å². The van der Waals surface area contributed by atoms with Gasteiger partial charge in [-0.1, -0.05) is 17.3 Å². The molecule has 6 atom stereocenters. The number of nitrogens with zero attached hydrogens (tertiary/aromatic N) is 4. The van der Waals surface area contributed by atoms with Crippen LogP contribution in [0.25, 0.3) is 11.0 Å². The molecule has 3 fully saturated rings. The second kappa shape index (κ2) is 7.49. The van der Waals surface area contributed by atoms with Crippen molar-refractivity contribution in [2.24, 2.45) is 11.8 Å². The first kappa shape index (κ1) is 21.8. The third-order valence-corrected chi connectivity index (χ3v) is 7.55. The molecule has 2 bridgehead atoms. The fraction of sp³-hybridized carbons (Fsp3) is 0.591. The Bertz CT molecular complexity index is 1140. The highest BCUT2D eigenvalue weighted by Gasteiger charge is 2.78. The second-order valence-electron chi connectivity index (χ2n) is 9.40. The van der Waals surface area contributed by atoms with E-state index in [2.05, 4.69) is 20.9 Å². The highest BCUT2D eigenvalue weighted by Crippen LogP contribution is 2.63. The summed E-state index contributed by atoms with van der Waals surface area (Å²) < 4.78 is 8.01. The lowest BCUT2D eigenvalue weighted by Crippen LogP contribution is -2.57. The Kier molecular flexibility index (Phi) is 4.94. The Balaban J connectivity index is 1.48. The molecule has 11 heteroatoms. The number of aliphatic hydroxyl groups excluding tert-OH is 1. The summed E-state index contributed by atoms with van der Waals surface area (Å²) in [4.78, 5) is 41.4. The van der Waals surface area contributed by atoms with E-state index in [1.54, 1.807) is 11.6 Å². The van der Waals surface area contributed by atoms with Gasteiger partial charge in [0.25, 0.3) is 0 Å². The number of aromatic nitrogens is 3. The Morgan fingerprint density at radius 1 is 1.30 bits per heavy atom. The molecule has 1 spiro atoms. The van der Waals surface area contributed by atoms with Crippen LogP contribution in [0.5, 0.6) is 0 Å². The van der Waals surface area contributed by atoms with Gasteiger partial charge in [0.1, 0.15) is 23.8 Å². The molecule has 0 aliphatic carbocycles. The van der Waals surface area contributed by atoms with Crippen molar-refractivity contribution in [1.29, 1.82) is 0 Å². The van der Waals surface area contributed by atoms with E-state index in [0.29, 0.717) is 18.4 Å². The van der Waals surface area contributed by atoms with Crippen molar-refractivity contribution in [3.63, 3.8) is 0 Å². The summed E-state index contributed by atoms with van der Waals surface area (Å²) in [5, 5.41) is 23.6. The molecule has 3 amide bonds. The van der Waals surface area contributed by atoms with Gasteiger partial charge in [-0.2, -0.15) is 0 Å². The number of carbonyl (C=O) groups excluding carboxylic acids is 3. The monoisotopic (exact) mass is 456 g/mol. The minimum Gasteiger partial charge on any atom is -0.394 e. The van der Waals surface area contributed by atoms with Crippen molar-refractivity contribution in [3.8, 4) is 0 Å². The van der Waals surface area contributed by atoms with Crippen molar-refractivity contribution < 1.29 is 24.2 Å². The number of fused-ring (bicyclic) bond motifs is 2. The topological polar surface area (TPSA) is 139 Å². The normalized spacial score (nSPS) is 33.4. The molecule has 3 aliphatic heterocycles. The number of hydrogen-bond donors (Lipinski definition) is 3. The van der Waals surface area contributed by atoms with E-state index in [4.69, 9.17) is 4.74 Å². The fourth-order valence-electron chi connectivity index (χ4n) is 6.07. The van der Waals surface area contributed by atoms with Crippen LogP contribution < -0.4 is 10.6 Å². The van der Waals surface area contributed by atoms with Crippen molar-refractivity contribution in [3.05, 3.63) is 24.3 Å². The van der Waals surface area contributed by atoms with E-state index in [9.17, 15) is 19.5 Å². The largest absolute Gasteiger partial charge is 0.394 e. The first-order valence-electron chi connectivity index (χ1n) is 11.2. The smallest absolute Gasteiger partial charge is 0.247 e. The number of hydrogen-bond acceptors (Lipinski definition) is 7. The third-order valence-electron chi connectivity index (χ3n) is 7.55. The molecule has 176 valence electrons. The maximum absolute atomic E-state index is 13.6. The van der Waals surface area contributed by atoms with Crippen LogP contribution in [-0.2, 0) is 25.8 Å². The van der Waals surface area contributed by atoms with Crippen molar-refractivity contribution in [2.75, 3.05) is 13.7 Å². The van der Waals surface area contributed by atoms with E-state index >= 15 is 0 Å². The van der Waals surface area contributed by atoms with E-state index < -0.39 is 41.0 Å². The lowest BCUT2D eigenvalue weighted by atomic mass is 9.66. The van der Waals surface area contributed by atoms with Crippen molar-refractivity contribution in [2.45, 2.75) is 56.6 Å². The number of likely N-dealkylation sites (tertiary alicyclic amines) is 1. The van der Waals surface area contributed by atoms with Crippen LogP contribution >= 0.6 is 0 Å². The molecule has 0 radical (unpaired) electrons. The standard InChI is InChI=1S/C22H28N6O5/c1-12(10-29)28-17(19(31)24-11-27-14-7-5-4-6-13(14)25-26-27)22-9-8-21(2,33-22)15(18(30)23-3)16(22)20(28)32/h4-7,12,15-17,29H,8-11H2,1-3H3,(H,23,30)(H,24,31)/t12-,15-,16+,17?,21+,22?/m1/s1. The van der Waals surface area contributed by atoms with Crippen LogP contribution in [-0.4, -0.2) is 79.7 Å². The highest BCUT2D eigenvalue weighted by molar-refractivity contribution is 5.99. The fourth-order valence-corrected chi connectivity index (χ4v) is 6.07. The van der Waals surface area contributed by atoms with Crippen LogP contribution in [0.15, 0.2) is 24.3 Å². The summed E-state index contributed by atoms with van der Waals surface area (Å²) in [6, 6.07) is 5.82. The summed E-state index contributed by atoms with van der Waals surface area (Å²) in [6.45, 7) is 3.27. The van der Waals surface area contributed by atoms with Crippen LogP contribution in [0.3, 0.4) is 0 Å². The zero-order chi connectivity index (χ0) is 23.5. The molecule has 33 heavy (non-hydrogen) atoms. The predicted octanol–water partition coefficient (Wildman–Crippen LogP) is -0.603. The Hall–Kier alpha value is -3.05. The Morgan fingerprint density at radius 2 is 2.06 bits per heavy atom. The number of para-hydroxylation sites is 1. The van der Waals surface area contributed by atoms with Gasteiger partial charge in [0.2, 0.25) is 17.7 Å². The van der Waals surface area contributed by atoms with Gasteiger partial charge >= 0.3 is 0 Å². The number of rotatable bonds is 6. The Labute approximate surface area is 190 Å². The summed E-state index contributed by atoms with van der Waals surface area (Å²) in [5.74, 6) is -2.50. The van der Waals surface area contributed by atoms with Crippen LogP contribution in [0.1, 0.15) is 26.7 Å². The van der Waals surface area contributed by atoms with Gasteiger partial charge in [-0.15, -0.1) is 5.10 Å². The molecule has 0 saturated carbocycles. The van der Waals surface area contributed by atoms with Gasteiger partial charge in [0, 0.05) is 7.05 Å². The molecule has 11 nitrogen and oxygen atoms in total. The summed E-state index contributed by atoms with van der Waals surface area (Å²) in [7, 11) is 1.53. The number of benzene rings is 1. The third kappa shape index (κ3) is 2.91. The molecular weight excluding hydrogens is 428 g/mol. The molecular formula is C22H28N6O5. The summed E-state index contributed by atoms with van der Waals surface area (Å²) >= 11 is 0. The molecule has 5 rings (SSSR count). The molecule has 2 unspecified atom stereocenters. The summed E-state index contributed by atoms with van der Waals surface area (Å²) in [5.41, 5.74) is -0.477. The molecule has 4 heterocycles. The molecule has 3 aliphatic rings. The SMILES string of the molecule is CNC(=O)[C@H]1[C@H]2C(=O)N([C@H](C)CO)C(C(=O)NCn3nnc4ccccc43)C23CC[C@]1(C)O3. The lowest BCUT2D eigenvalue weighted by Gasteiger charge is -2.35. The number of aliphatic hydroxyl groups is 1. The lowest BCUT2D eigenvalue weighted by molar-refractivity contribution is -0.149. The second-order valence-corrected chi connectivity index (χ2v) is 9.40. The number of amides is 3. The first-order chi connectivity index (χ1) is 15.8. The predicted molar refractivity (Wildman–Crippen MR) is 115 cm³/mol. The number of nitrogens with one attached hydrogen (secondary N) is 2. The van der Waals surface area contributed by atoms with Gasteiger partial charge in [-0.3, -0.25) is 14.4 Å². The maximum atomic E-state index is 13.6. The van der Waals surface area contributed by atoms with E-state index in [1.165, 1.54) is 11.9 Å². The number of carbonyl (C=O) groups is 3. The maximum Gasteiger partial charge on any atom is 0.247 e. The molecule has 3 saturated heterocycles. The average Bonchev–Trinajstić information content (AvgIpc) is 3.52. The van der Waals surface area contributed by atoms with Crippen LogP contribution in [0, 0.1) is 11.8 Å². The average molecular weight is 457 g/mol. The summed E-state index contributed by atoms with van der Waals surface area (Å²) in [6.07, 6.45) is 1.04. The Morgan fingerprint density at radius 3 is 2.79 bits per heavy atom. The van der Waals surface area contributed by atoms with Gasteiger partial charge in [0.05, 0.1) is 35.6 Å². The van der Waals surface area contributed by atoms with E-state index in [1.807, 2.05) is 31.2 Å². The first-order valence-corrected chi connectivity index (χ1v) is 11.2. The van der Waals surface area contributed by atoms with E-state index in [-0.39, 0.29) is 25.1 Å². The zero-order valence-electron chi connectivity index (χ0n) is 18.8. The van der Waals surface area contributed by atoms with Gasteiger partial charge < -0.3 is 25.4 Å². The van der Waals surface area contributed by atoms with Crippen LogP contribution in [0.2, 0.25) is 0 Å². The highest BCUT2D eigenvalue weighted by atomic mass is 16.5.